The minimum atomic E-state index is -0.664. The normalized spacial score (nSPS) is 12.1. The largest absolute Gasteiger partial charge is 0.324 e. The molecule has 1 heterocycles. The molecule has 1 atom stereocenters. The van der Waals surface area contributed by atoms with Crippen molar-refractivity contribution in [2.45, 2.75) is 13.0 Å². The lowest BCUT2D eigenvalue weighted by Gasteiger charge is -2.15. The highest BCUT2D eigenvalue weighted by molar-refractivity contribution is 9.10. The monoisotopic (exact) mass is 371 g/mol. The highest BCUT2D eigenvalue weighted by Crippen LogP contribution is 2.16. The van der Waals surface area contributed by atoms with Gasteiger partial charge in [-0.2, -0.15) is 0 Å². The molecular weight excluding hydrogens is 358 g/mol. The number of hydrogen-bond donors (Lipinski definition) is 1. The van der Waals surface area contributed by atoms with Gasteiger partial charge < -0.3 is 5.32 Å². The van der Waals surface area contributed by atoms with Crippen LogP contribution < -0.4 is 10.9 Å². The summed E-state index contributed by atoms with van der Waals surface area (Å²) in [5.41, 5.74) is 1.06. The molecular formula is C17H14BrN3O2. The highest BCUT2D eigenvalue weighted by Gasteiger charge is 2.17. The Hall–Kier alpha value is -2.47. The number of aromatic nitrogens is 2. The molecule has 0 unspecified atom stereocenters. The molecule has 5 nitrogen and oxygen atoms in total. The van der Waals surface area contributed by atoms with E-state index in [0.29, 0.717) is 16.6 Å². The summed E-state index contributed by atoms with van der Waals surface area (Å²) in [5, 5.41) is 3.29. The van der Waals surface area contributed by atoms with Crippen LogP contribution in [0.1, 0.15) is 13.0 Å². The van der Waals surface area contributed by atoms with Crippen molar-refractivity contribution < 1.29 is 4.79 Å². The first-order valence-corrected chi connectivity index (χ1v) is 7.88. The Balaban J connectivity index is 1.89. The fourth-order valence-corrected chi connectivity index (χ4v) is 2.53. The Morgan fingerprint density at radius 3 is 2.61 bits per heavy atom. The molecule has 0 aliphatic heterocycles. The number of rotatable bonds is 3. The van der Waals surface area contributed by atoms with Gasteiger partial charge in [0.1, 0.15) is 6.04 Å². The highest BCUT2D eigenvalue weighted by atomic mass is 79.9. The lowest BCUT2D eigenvalue weighted by molar-refractivity contribution is -0.118. The van der Waals surface area contributed by atoms with E-state index in [-0.39, 0.29) is 11.5 Å². The van der Waals surface area contributed by atoms with Gasteiger partial charge in [0, 0.05) is 10.2 Å². The molecule has 0 aliphatic rings. The predicted octanol–water partition coefficient (Wildman–Crippen LogP) is 3.36. The van der Waals surface area contributed by atoms with Crippen LogP contribution in [0, 0.1) is 0 Å². The number of hydrogen-bond acceptors (Lipinski definition) is 3. The summed E-state index contributed by atoms with van der Waals surface area (Å²) in [6.45, 7) is 1.67. The molecule has 1 amide bonds. The van der Waals surface area contributed by atoms with Gasteiger partial charge in [-0.25, -0.2) is 4.98 Å². The number of carbonyl (C=O) groups excluding carboxylic acids is 1. The van der Waals surface area contributed by atoms with Crippen molar-refractivity contribution in [2.24, 2.45) is 0 Å². The average molecular weight is 372 g/mol. The second-order valence-electron chi connectivity index (χ2n) is 5.15. The lowest BCUT2D eigenvalue weighted by atomic mass is 10.2. The Morgan fingerprint density at radius 1 is 1.17 bits per heavy atom. The smallest absolute Gasteiger partial charge is 0.261 e. The number of para-hydroxylation sites is 1. The van der Waals surface area contributed by atoms with Gasteiger partial charge in [-0.05, 0) is 43.3 Å². The summed E-state index contributed by atoms with van der Waals surface area (Å²) in [6.07, 6.45) is 1.41. The first-order valence-electron chi connectivity index (χ1n) is 7.08. The van der Waals surface area contributed by atoms with Crippen LogP contribution in [0.15, 0.2) is 64.1 Å². The van der Waals surface area contributed by atoms with E-state index in [1.807, 2.05) is 18.2 Å². The summed E-state index contributed by atoms with van der Waals surface area (Å²) in [6, 6.07) is 13.7. The van der Waals surface area contributed by atoms with E-state index in [1.54, 1.807) is 37.3 Å². The number of anilines is 1. The van der Waals surface area contributed by atoms with Gasteiger partial charge in [0.15, 0.2) is 0 Å². The summed E-state index contributed by atoms with van der Waals surface area (Å²) in [7, 11) is 0. The summed E-state index contributed by atoms with van der Waals surface area (Å²) >= 11 is 3.34. The number of carbonyl (C=O) groups is 1. The zero-order chi connectivity index (χ0) is 16.4. The fourth-order valence-electron chi connectivity index (χ4n) is 2.27. The number of nitrogens with zero attached hydrogens (tertiary/aromatic N) is 2. The van der Waals surface area contributed by atoms with Gasteiger partial charge in [0.05, 0.1) is 17.2 Å². The zero-order valence-corrected chi connectivity index (χ0v) is 13.9. The van der Waals surface area contributed by atoms with Crippen LogP contribution in [-0.4, -0.2) is 15.5 Å². The summed E-state index contributed by atoms with van der Waals surface area (Å²) in [5.74, 6) is -0.272. The van der Waals surface area contributed by atoms with Gasteiger partial charge in [0.25, 0.3) is 5.56 Å². The Kier molecular flexibility index (Phi) is 4.25. The van der Waals surface area contributed by atoms with Gasteiger partial charge in [-0.1, -0.05) is 28.1 Å². The maximum absolute atomic E-state index is 12.5. The van der Waals surface area contributed by atoms with Crippen LogP contribution in [0.5, 0.6) is 0 Å². The van der Waals surface area contributed by atoms with E-state index in [4.69, 9.17) is 0 Å². The molecule has 0 bridgehead atoms. The SMILES string of the molecule is C[C@@H](C(=O)Nc1ccc(Br)cc1)n1cnc2ccccc2c1=O. The second kappa shape index (κ2) is 6.34. The van der Waals surface area contributed by atoms with E-state index in [9.17, 15) is 9.59 Å². The average Bonchev–Trinajstić information content (AvgIpc) is 2.57. The van der Waals surface area contributed by atoms with Crippen LogP contribution in [0.3, 0.4) is 0 Å². The molecule has 0 radical (unpaired) electrons. The van der Waals surface area contributed by atoms with Crippen LogP contribution >= 0.6 is 15.9 Å². The van der Waals surface area contributed by atoms with E-state index in [2.05, 4.69) is 26.2 Å². The van der Waals surface area contributed by atoms with Crippen molar-refractivity contribution in [3.05, 3.63) is 69.7 Å². The molecule has 3 aromatic rings. The molecule has 0 fully saturated rings. The molecule has 0 aliphatic carbocycles. The van der Waals surface area contributed by atoms with Crippen molar-refractivity contribution in [2.75, 3.05) is 5.32 Å². The molecule has 23 heavy (non-hydrogen) atoms. The number of amides is 1. The third-order valence-electron chi connectivity index (χ3n) is 3.60. The standard InChI is InChI=1S/C17H14BrN3O2/c1-11(16(22)20-13-8-6-12(18)7-9-13)21-10-19-15-5-3-2-4-14(15)17(21)23/h2-11H,1H3,(H,20,22)/t11-/m0/s1. The molecule has 0 saturated carbocycles. The lowest BCUT2D eigenvalue weighted by Crippen LogP contribution is -2.31. The Bertz CT molecular complexity index is 919. The number of benzene rings is 2. The van der Waals surface area contributed by atoms with E-state index < -0.39 is 6.04 Å². The first kappa shape index (κ1) is 15.4. The third-order valence-corrected chi connectivity index (χ3v) is 4.13. The Labute approximate surface area is 141 Å². The van der Waals surface area contributed by atoms with E-state index in [1.165, 1.54) is 10.9 Å². The van der Waals surface area contributed by atoms with Crippen molar-refractivity contribution in [3.8, 4) is 0 Å². The Morgan fingerprint density at radius 2 is 1.87 bits per heavy atom. The second-order valence-corrected chi connectivity index (χ2v) is 6.06. The number of nitrogens with one attached hydrogen (secondary N) is 1. The zero-order valence-electron chi connectivity index (χ0n) is 12.4. The van der Waals surface area contributed by atoms with Gasteiger partial charge in [0.2, 0.25) is 5.91 Å². The molecule has 0 saturated heterocycles. The predicted molar refractivity (Wildman–Crippen MR) is 93.5 cm³/mol. The minimum Gasteiger partial charge on any atom is -0.324 e. The third kappa shape index (κ3) is 3.17. The van der Waals surface area contributed by atoms with Gasteiger partial charge in [-0.3, -0.25) is 14.2 Å². The molecule has 1 N–H and O–H groups in total. The van der Waals surface area contributed by atoms with Gasteiger partial charge in [-0.15, -0.1) is 0 Å². The summed E-state index contributed by atoms with van der Waals surface area (Å²) in [4.78, 5) is 29.1. The summed E-state index contributed by atoms with van der Waals surface area (Å²) < 4.78 is 2.27. The van der Waals surface area contributed by atoms with Crippen LogP contribution in [0.25, 0.3) is 10.9 Å². The fraction of sp³-hybridized carbons (Fsp3) is 0.118. The van der Waals surface area contributed by atoms with Crippen molar-refractivity contribution >= 4 is 38.4 Å². The van der Waals surface area contributed by atoms with Crippen LogP contribution in [-0.2, 0) is 4.79 Å². The number of halogens is 1. The maximum atomic E-state index is 12.5. The first-order chi connectivity index (χ1) is 11.1. The molecule has 3 rings (SSSR count). The van der Waals surface area contributed by atoms with Crippen molar-refractivity contribution in [3.63, 3.8) is 0 Å². The number of fused-ring (bicyclic) bond motifs is 1. The molecule has 116 valence electrons. The van der Waals surface area contributed by atoms with E-state index >= 15 is 0 Å². The molecule has 0 spiro atoms. The van der Waals surface area contributed by atoms with E-state index in [0.717, 1.165) is 4.47 Å². The maximum Gasteiger partial charge on any atom is 0.261 e. The topological polar surface area (TPSA) is 64.0 Å². The van der Waals surface area contributed by atoms with Crippen molar-refractivity contribution in [1.82, 2.24) is 9.55 Å². The molecule has 1 aromatic heterocycles. The van der Waals surface area contributed by atoms with Crippen LogP contribution in [0.2, 0.25) is 0 Å². The minimum absolute atomic E-state index is 0.228. The van der Waals surface area contributed by atoms with Crippen LogP contribution in [0.4, 0.5) is 5.69 Å². The quantitative estimate of drug-likeness (QED) is 0.767. The van der Waals surface area contributed by atoms with Crippen molar-refractivity contribution in [1.29, 1.82) is 0 Å². The molecule has 6 heteroatoms. The van der Waals surface area contributed by atoms with Gasteiger partial charge >= 0.3 is 0 Å². The molecule has 2 aromatic carbocycles.